The average molecular weight is 254 g/mol. The van der Waals surface area contributed by atoms with Crippen LogP contribution in [-0.4, -0.2) is 10.7 Å². The quantitative estimate of drug-likeness (QED) is 0.612. The molecule has 1 heterocycles. The second-order valence-corrected chi connectivity index (χ2v) is 2.87. The zero-order valence-corrected chi connectivity index (χ0v) is 13.3. The molecule has 0 radical (unpaired) electrons. The van der Waals surface area contributed by atoms with Gasteiger partial charge in [-0.2, -0.15) is 5.53 Å². The van der Waals surface area contributed by atoms with E-state index in [1.165, 1.54) is 11.4 Å². The van der Waals surface area contributed by atoms with Gasteiger partial charge in [0, 0.05) is 11.9 Å². The summed E-state index contributed by atoms with van der Waals surface area (Å²) in [6, 6.07) is 0. The smallest absolute Gasteiger partial charge is 0.150 e. The standard InChI is InChI=1S/C7H10N4.C3H8.2C2H6/c1-3-7-9-6(2)4-5-11(7)10-8;1-3-2;2*1-2/h3-5,8H,1-2H3;3H2,1-2H3;2*1-2H3/b7-3-,10-8?;;;. The van der Waals surface area contributed by atoms with E-state index in [1.54, 1.807) is 6.20 Å². The van der Waals surface area contributed by atoms with Crippen LogP contribution >= 0.6 is 0 Å². The minimum absolute atomic E-state index is 0.694. The molecule has 0 aromatic carbocycles. The Labute approximate surface area is 113 Å². The summed E-state index contributed by atoms with van der Waals surface area (Å²) >= 11 is 0. The fraction of sp³-hybridized carbons (Fsp3) is 0.643. The number of aliphatic imine (C=N–C) groups is 1. The highest BCUT2D eigenvalue weighted by Gasteiger charge is 2.06. The van der Waals surface area contributed by atoms with Gasteiger partial charge >= 0.3 is 0 Å². The average Bonchev–Trinajstić information content (AvgIpc) is 2.44. The van der Waals surface area contributed by atoms with Gasteiger partial charge in [-0.1, -0.05) is 53.2 Å². The Balaban J connectivity index is -0.000000274. The van der Waals surface area contributed by atoms with Crippen LogP contribution in [0.5, 0.6) is 0 Å². The van der Waals surface area contributed by atoms with Crippen molar-refractivity contribution in [1.82, 2.24) is 5.01 Å². The Kier molecular flexibility index (Phi) is 21.7. The van der Waals surface area contributed by atoms with Crippen molar-refractivity contribution < 1.29 is 0 Å². The fourth-order valence-electron chi connectivity index (χ4n) is 0.805. The number of nitrogens with one attached hydrogen (secondary N) is 1. The molecule has 0 saturated carbocycles. The Bertz CT molecular complexity index is 265. The van der Waals surface area contributed by atoms with E-state index in [9.17, 15) is 0 Å². The first kappa shape index (κ1) is 21.8. The second-order valence-electron chi connectivity index (χ2n) is 2.87. The van der Waals surface area contributed by atoms with Gasteiger partial charge in [0.1, 0.15) is 0 Å². The normalized spacial score (nSPS) is 14.1. The number of rotatable bonds is 1. The van der Waals surface area contributed by atoms with Crippen molar-refractivity contribution in [2.45, 2.75) is 61.8 Å². The van der Waals surface area contributed by atoms with Crippen LogP contribution in [0.2, 0.25) is 0 Å². The van der Waals surface area contributed by atoms with E-state index in [4.69, 9.17) is 5.53 Å². The fourth-order valence-corrected chi connectivity index (χ4v) is 0.805. The maximum absolute atomic E-state index is 6.79. The lowest BCUT2D eigenvalue weighted by atomic mass is 10.3. The minimum atomic E-state index is 0.694. The first-order valence-electron chi connectivity index (χ1n) is 6.75. The molecule has 4 heteroatoms. The zero-order chi connectivity index (χ0) is 15.0. The Hall–Kier alpha value is -1.45. The number of allylic oxidation sites excluding steroid dienone is 2. The molecule has 18 heavy (non-hydrogen) atoms. The molecule has 1 aliphatic heterocycles. The van der Waals surface area contributed by atoms with Crippen LogP contribution in [-0.2, 0) is 0 Å². The predicted octanol–water partition coefficient (Wildman–Crippen LogP) is 5.55. The van der Waals surface area contributed by atoms with Crippen LogP contribution in [0.25, 0.3) is 0 Å². The second kappa shape index (κ2) is 17.9. The van der Waals surface area contributed by atoms with Crippen molar-refractivity contribution in [3.05, 3.63) is 24.2 Å². The Morgan fingerprint density at radius 2 is 1.72 bits per heavy atom. The van der Waals surface area contributed by atoms with Gasteiger partial charge < -0.3 is 0 Å². The molecular weight excluding hydrogens is 224 g/mol. The number of nitrogens with zero attached hydrogens (tertiary/aromatic N) is 3. The molecule has 0 aromatic rings. The SMILES string of the molecule is C/C=C1/N=C(C)C=CN1N=N.CC.CC.CCC. The molecule has 0 unspecified atom stereocenters. The van der Waals surface area contributed by atoms with Gasteiger partial charge in [0.05, 0.1) is 0 Å². The summed E-state index contributed by atoms with van der Waals surface area (Å²) in [7, 11) is 0. The van der Waals surface area contributed by atoms with Crippen LogP contribution in [0.15, 0.2) is 34.4 Å². The Morgan fingerprint density at radius 3 is 2.06 bits per heavy atom. The van der Waals surface area contributed by atoms with Gasteiger partial charge in [0.25, 0.3) is 0 Å². The largest absolute Gasteiger partial charge is 0.234 e. The molecule has 0 atom stereocenters. The molecule has 0 saturated heterocycles. The van der Waals surface area contributed by atoms with Crippen molar-refractivity contribution in [3.63, 3.8) is 0 Å². The number of hydrogen-bond acceptors (Lipinski definition) is 3. The molecule has 0 fully saturated rings. The summed E-state index contributed by atoms with van der Waals surface area (Å²) in [4.78, 5) is 4.16. The first-order chi connectivity index (χ1) is 8.69. The van der Waals surface area contributed by atoms with Gasteiger partial charge in [-0.15, -0.1) is 0 Å². The van der Waals surface area contributed by atoms with Gasteiger partial charge in [-0.25, -0.2) is 10.0 Å². The van der Waals surface area contributed by atoms with Crippen molar-refractivity contribution in [2.24, 2.45) is 10.2 Å². The molecule has 1 N–H and O–H groups in total. The molecule has 4 nitrogen and oxygen atoms in total. The van der Waals surface area contributed by atoms with E-state index in [0.717, 1.165) is 5.71 Å². The van der Waals surface area contributed by atoms with Crippen molar-refractivity contribution in [2.75, 3.05) is 0 Å². The lowest BCUT2D eigenvalue weighted by molar-refractivity contribution is 0.440. The van der Waals surface area contributed by atoms with E-state index in [-0.39, 0.29) is 0 Å². The molecule has 1 rings (SSSR count). The topological polar surface area (TPSA) is 51.8 Å². The molecule has 0 amide bonds. The third-order valence-corrected chi connectivity index (χ3v) is 1.35. The molecule has 0 bridgehead atoms. The van der Waals surface area contributed by atoms with E-state index >= 15 is 0 Å². The summed E-state index contributed by atoms with van der Waals surface area (Å²) in [5.74, 6) is 0.694. The highest BCUT2D eigenvalue weighted by Crippen LogP contribution is 2.12. The van der Waals surface area contributed by atoms with E-state index in [1.807, 2.05) is 53.7 Å². The van der Waals surface area contributed by atoms with Crippen LogP contribution in [0, 0.1) is 5.53 Å². The first-order valence-corrected chi connectivity index (χ1v) is 6.75. The highest BCUT2D eigenvalue weighted by molar-refractivity contribution is 5.94. The van der Waals surface area contributed by atoms with Crippen molar-refractivity contribution in [1.29, 1.82) is 5.53 Å². The zero-order valence-electron chi connectivity index (χ0n) is 13.3. The third kappa shape index (κ3) is 11.0. The third-order valence-electron chi connectivity index (χ3n) is 1.35. The van der Waals surface area contributed by atoms with Crippen LogP contribution in [0.4, 0.5) is 0 Å². The van der Waals surface area contributed by atoms with E-state index in [2.05, 4.69) is 24.1 Å². The maximum atomic E-state index is 6.79. The number of hydrogen-bond donors (Lipinski definition) is 1. The minimum Gasteiger partial charge on any atom is -0.234 e. The summed E-state index contributed by atoms with van der Waals surface area (Å²) < 4.78 is 0. The van der Waals surface area contributed by atoms with E-state index in [0.29, 0.717) is 5.82 Å². The highest BCUT2D eigenvalue weighted by atomic mass is 15.5. The van der Waals surface area contributed by atoms with Gasteiger partial charge in [-0.05, 0) is 26.0 Å². The molecular formula is C14H30N4. The predicted molar refractivity (Wildman–Crippen MR) is 81.7 cm³/mol. The summed E-state index contributed by atoms with van der Waals surface area (Å²) in [5.41, 5.74) is 7.72. The lowest BCUT2D eigenvalue weighted by Crippen LogP contribution is -2.12. The van der Waals surface area contributed by atoms with Gasteiger partial charge in [0.2, 0.25) is 0 Å². The van der Waals surface area contributed by atoms with Crippen LogP contribution in [0.1, 0.15) is 61.8 Å². The molecule has 0 spiro atoms. The molecule has 1 aliphatic rings. The summed E-state index contributed by atoms with van der Waals surface area (Å²) in [6.07, 6.45) is 6.58. The molecule has 0 aliphatic carbocycles. The van der Waals surface area contributed by atoms with Crippen LogP contribution < -0.4 is 0 Å². The maximum Gasteiger partial charge on any atom is 0.150 e. The molecule has 106 valence electrons. The van der Waals surface area contributed by atoms with Crippen molar-refractivity contribution in [3.8, 4) is 0 Å². The van der Waals surface area contributed by atoms with Crippen LogP contribution in [0.3, 0.4) is 0 Å². The monoisotopic (exact) mass is 254 g/mol. The van der Waals surface area contributed by atoms with Gasteiger partial charge in [-0.3, -0.25) is 0 Å². The Morgan fingerprint density at radius 1 is 1.28 bits per heavy atom. The summed E-state index contributed by atoms with van der Waals surface area (Å²) in [6.45, 7) is 16.0. The van der Waals surface area contributed by atoms with Crippen molar-refractivity contribution >= 4 is 5.71 Å². The van der Waals surface area contributed by atoms with Gasteiger partial charge in [0.15, 0.2) is 5.82 Å². The van der Waals surface area contributed by atoms with E-state index < -0.39 is 0 Å². The summed E-state index contributed by atoms with van der Waals surface area (Å²) in [5, 5.41) is 4.67. The lowest BCUT2D eigenvalue weighted by Gasteiger charge is -2.15. The molecule has 0 aromatic heterocycles.